The number of ether oxygens (including phenoxy) is 1. The summed E-state index contributed by atoms with van der Waals surface area (Å²) in [6.07, 6.45) is 6.03. The molecule has 0 aromatic heterocycles. The Morgan fingerprint density at radius 3 is 2.40 bits per heavy atom. The molecule has 0 unspecified atom stereocenters. The summed E-state index contributed by atoms with van der Waals surface area (Å²) in [7, 11) is 1.50. The molecule has 0 aliphatic rings. The first kappa shape index (κ1) is 17.2. The van der Waals surface area contributed by atoms with Crippen molar-refractivity contribution in [2.24, 2.45) is 0 Å². The average molecular weight is 338 g/mol. The van der Waals surface area contributed by atoms with Gasteiger partial charge >= 0.3 is 0 Å². The van der Waals surface area contributed by atoms with Gasteiger partial charge in [0.05, 0.1) is 7.11 Å². The van der Waals surface area contributed by atoms with Gasteiger partial charge in [0.15, 0.2) is 11.6 Å². The first-order valence-corrected chi connectivity index (χ1v) is 8.30. The third-order valence-electron chi connectivity index (χ3n) is 4.33. The van der Waals surface area contributed by atoms with Gasteiger partial charge in [0, 0.05) is 10.9 Å². The maximum absolute atomic E-state index is 14.6. The largest absolute Gasteiger partial charge is 0.497 e. The summed E-state index contributed by atoms with van der Waals surface area (Å²) in [5.74, 6) is -1.17. The molecule has 128 valence electrons. The maximum Gasteiger partial charge on any atom is 0.167 e. The molecule has 3 aromatic carbocycles. The lowest BCUT2D eigenvalue weighted by Crippen LogP contribution is -1.94. The second-order valence-electron chi connectivity index (χ2n) is 5.94. The van der Waals surface area contributed by atoms with Crippen LogP contribution in [0.1, 0.15) is 18.9 Å². The molecular weight excluding hydrogens is 318 g/mol. The summed E-state index contributed by atoms with van der Waals surface area (Å²) in [4.78, 5) is 0. The van der Waals surface area contributed by atoms with E-state index >= 15 is 0 Å². The Labute approximate surface area is 146 Å². The third kappa shape index (κ3) is 3.55. The molecule has 1 nitrogen and oxygen atoms in total. The van der Waals surface area contributed by atoms with Crippen LogP contribution in [0.3, 0.4) is 0 Å². The summed E-state index contributed by atoms with van der Waals surface area (Å²) >= 11 is 0. The van der Waals surface area contributed by atoms with Gasteiger partial charge in [-0.2, -0.15) is 0 Å². The normalized spacial score (nSPS) is 11.4. The highest BCUT2D eigenvalue weighted by molar-refractivity contribution is 5.89. The van der Waals surface area contributed by atoms with Crippen molar-refractivity contribution < 1.29 is 13.5 Å². The summed E-state index contributed by atoms with van der Waals surface area (Å²) < 4.78 is 34.2. The summed E-state index contributed by atoms with van der Waals surface area (Å²) in [5, 5.41) is 0.871. The molecule has 0 amide bonds. The lowest BCUT2D eigenvalue weighted by Gasteiger charge is -2.10. The second kappa shape index (κ2) is 7.47. The van der Waals surface area contributed by atoms with E-state index in [-0.39, 0.29) is 10.9 Å². The zero-order valence-corrected chi connectivity index (χ0v) is 14.4. The van der Waals surface area contributed by atoms with E-state index < -0.39 is 11.6 Å². The van der Waals surface area contributed by atoms with Gasteiger partial charge in [-0.25, -0.2) is 8.78 Å². The average Bonchev–Trinajstić information content (AvgIpc) is 2.65. The highest BCUT2D eigenvalue weighted by atomic mass is 19.2. The van der Waals surface area contributed by atoms with Crippen LogP contribution < -0.4 is 4.74 Å². The van der Waals surface area contributed by atoms with E-state index in [1.807, 2.05) is 37.3 Å². The molecule has 3 aromatic rings. The van der Waals surface area contributed by atoms with E-state index in [1.54, 1.807) is 18.2 Å². The Hall–Kier alpha value is -2.68. The van der Waals surface area contributed by atoms with Crippen molar-refractivity contribution in [2.75, 3.05) is 7.11 Å². The monoisotopic (exact) mass is 338 g/mol. The Kier molecular flexibility index (Phi) is 5.13. The van der Waals surface area contributed by atoms with E-state index in [1.165, 1.54) is 18.7 Å². The minimum absolute atomic E-state index is 0.226. The van der Waals surface area contributed by atoms with Crippen molar-refractivity contribution in [3.63, 3.8) is 0 Å². The van der Waals surface area contributed by atoms with Crippen LogP contribution in [0, 0.1) is 11.6 Å². The van der Waals surface area contributed by atoms with E-state index in [0.29, 0.717) is 16.7 Å². The molecule has 3 heteroatoms. The van der Waals surface area contributed by atoms with Crippen LogP contribution in [0.15, 0.2) is 60.7 Å². The van der Waals surface area contributed by atoms with Crippen molar-refractivity contribution in [3.8, 4) is 16.9 Å². The zero-order chi connectivity index (χ0) is 17.8. The predicted molar refractivity (Wildman–Crippen MR) is 99.0 cm³/mol. The van der Waals surface area contributed by atoms with Crippen molar-refractivity contribution in [1.82, 2.24) is 0 Å². The van der Waals surface area contributed by atoms with Crippen LogP contribution in [-0.2, 0) is 6.42 Å². The number of aryl methyl sites for hydroxylation is 1. The van der Waals surface area contributed by atoms with Gasteiger partial charge in [-0.1, -0.05) is 42.5 Å². The van der Waals surface area contributed by atoms with Crippen molar-refractivity contribution in [1.29, 1.82) is 0 Å². The molecule has 0 radical (unpaired) electrons. The highest BCUT2D eigenvalue weighted by Crippen LogP contribution is 2.32. The van der Waals surface area contributed by atoms with Crippen LogP contribution >= 0.6 is 0 Å². The first-order chi connectivity index (χ1) is 12.1. The second-order valence-corrected chi connectivity index (χ2v) is 5.94. The Balaban J connectivity index is 1.99. The predicted octanol–water partition coefficient (Wildman–Crippen LogP) is 6.30. The third-order valence-corrected chi connectivity index (χ3v) is 4.33. The fraction of sp³-hybridized carbons (Fsp3) is 0.182. The van der Waals surface area contributed by atoms with Gasteiger partial charge < -0.3 is 4.74 Å². The van der Waals surface area contributed by atoms with Crippen LogP contribution in [0.4, 0.5) is 8.78 Å². The number of halogens is 2. The highest BCUT2D eigenvalue weighted by Gasteiger charge is 2.15. The first-order valence-electron chi connectivity index (χ1n) is 8.30. The van der Waals surface area contributed by atoms with Gasteiger partial charge in [-0.05, 0) is 54.5 Å². The smallest absolute Gasteiger partial charge is 0.167 e. The lowest BCUT2D eigenvalue weighted by atomic mass is 9.98. The Bertz CT molecular complexity index is 911. The number of rotatable bonds is 5. The molecule has 0 fully saturated rings. The molecular formula is C22H20F2O. The fourth-order valence-corrected chi connectivity index (χ4v) is 2.91. The summed E-state index contributed by atoms with van der Waals surface area (Å²) in [6, 6.07) is 14.3. The minimum atomic E-state index is -0.844. The lowest BCUT2D eigenvalue weighted by molar-refractivity contribution is 0.415. The topological polar surface area (TPSA) is 9.23 Å². The molecule has 0 aliphatic heterocycles. The van der Waals surface area contributed by atoms with E-state index in [0.717, 1.165) is 12.8 Å². The molecule has 0 saturated heterocycles. The number of hydrogen-bond donors (Lipinski definition) is 0. The molecule has 0 aliphatic carbocycles. The van der Waals surface area contributed by atoms with Crippen LogP contribution in [0.2, 0.25) is 0 Å². The van der Waals surface area contributed by atoms with Crippen molar-refractivity contribution in [3.05, 3.63) is 77.9 Å². The number of hydrogen-bond acceptors (Lipinski definition) is 1. The van der Waals surface area contributed by atoms with E-state index in [4.69, 9.17) is 4.74 Å². The van der Waals surface area contributed by atoms with Crippen LogP contribution in [0.25, 0.3) is 21.9 Å². The molecule has 0 spiro atoms. The van der Waals surface area contributed by atoms with Crippen LogP contribution in [-0.4, -0.2) is 7.11 Å². The number of fused-ring (bicyclic) bond motifs is 1. The number of allylic oxidation sites excluding steroid dienone is 2. The van der Waals surface area contributed by atoms with Crippen molar-refractivity contribution in [2.45, 2.75) is 19.8 Å². The molecule has 0 saturated carbocycles. The zero-order valence-electron chi connectivity index (χ0n) is 14.4. The summed E-state index contributed by atoms with van der Waals surface area (Å²) in [6.45, 7) is 2.00. The van der Waals surface area contributed by atoms with Gasteiger partial charge in [-0.15, -0.1) is 0 Å². The standard InChI is InChI=1S/C22H20F2O/c1-3-4-5-6-15-7-9-16(10-8-15)19-13-17-11-12-18(25-2)14-20(17)22(24)21(19)23/h3-4,7-14H,5-6H2,1-2H3/b4-3+. The van der Waals surface area contributed by atoms with Gasteiger partial charge in [-0.3, -0.25) is 0 Å². The quantitative estimate of drug-likeness (QED) is 0.496. The fourth-order valence-electron chi connectivity index (χ4n) is 2.91. The molecule has 25 heavy (non-hydrogen) atoms. The van der Waals surface area contributed by atoms with Gasteiger partial charge in [0.25, 0.3) is 0 Å². The van der Waals surface area contributed by atoms with E-state index in [9.17, 15) is 8.78 Å². The number of methoxy groups -OCH3 is 1. The Morgan fingerprint density at radius 1 is 0.960 bits per heavy atom. The molecule has 0 bridgehead atoms. The molecule has 3 rings (SSSR count). The van der Waals surface area contributed by atoms with Crippen LogP contribution in [0.5, 0.6) is 5.75 Å². The van der Waals surface area contributed by atoms with Gasteiger partial charge in [0.1, 0.15) is 5.75 Å². The minimum Gasteiger partial charge on any atom is -0.497 e. The number of benzene rings is 3. The van der Waals surface area contributed by atoms with E-state index in [2.05, 4.69) is 6.08 Å². The van der Waals surface area contributed by atoms with Gasteiger partial charge in [0.2, 0.25) is 0 Å². The van der Waals surface area contributed by atoms with Crippen molar-refractivity contribution >= 4 is 10.8 Å². The summed E-state index contributed by atoms with van der Waals surface area (Å²) in [5.41, 5.74) is 2.12. The maximum atomic E-state index is 14.6. The molecule has 0 heterocycles. The molecule has 0 N–H and O–H groups in total. The molecule has 0 atom stereocenters. The Morgan fingerprint density at radius 2 is 1.72 bits per heavy atom. The SMILES string of the molecule is C/C=C/CCc1ccc(-c2cc3ccc(OC)cc3c(F)c2F)cc1.